The summed E-state index contributed by atoms with van der Waals surface area (Å²) in [6.07, 6.45) is 4.10. The minimum absolute atomic E-state index is 0.0296. The number of aryl methyl sites for hydroxylation is 1. The summed E-state index contributed by atoms with van der Waals surface area (Å²) in [5, 5.41) is 5.60. The third-order valence-corrected chi connectivity index (χ3v) is 7.11. The molecule has 1 aromatic rings. The molecule has 0 unspecified atom stereocenters. The third kappa shape index (κ3) is 1.64. The Bertz CT molecular complexity index is 618. The van der Waals surface area contributed by atoms with Crippen LogP contribution in [0.3, 0.4) is 0 Å². The van der Waals surface area contributed by atoms with E-state index in [-0.39, 0.29) is 10.8 Å². The first-order valence-corrected chi connectivity index (χ1v) is 8.69. The van der Waals surface area contributed by atoms with Crippen LogP contribution in [-0.4, -0.2) is 28.8 Å². The Kier molecular flexibility index (Phi) is 3.06. The highest BCUT2D eigenvalue weighted by Crippen LogP contribution is 2.62. The largest absolute Gasteiger partial charge is 0.347 e. The number of aromatic nitrogens is 2. The maximum atomic E-state index is 6.46. The van der Waals surface area contributed by atoms with Crippen molar-refractivity contribution in [1.29, 1.82) is 0 Å². The van der Waals surface area contributed by atoms with Crippen molar-refractivity contribution in [2.45, 2.75) is 57.7 Å². The standard InChI is InChI=1S/C17H25ClN2O2/c1-15(2)12-6-5-11-13(19-20(4)14(11)18)16(12,3)7-8-17(15)21-9-10-22-17/h12H,5-10H2,1-4H3/t12-,16-/m0/s1. The first-order chi connectivity index (χ1) is 10.3. The lowest BCUT2D eigenvalue weighted by molar-refractivity contribution is -0.276. The van der Waals surface area contributed by atoms with E-state index in [1.165, 1.54) is 11.3 Å². The van der Waals surface area contributed by atoms with Gasteiger partial charge in [-0.25, -0.2) is 0 Å². The van der Waals surface area contributed by atoms with E-state index in [1.807, 2.05) is 11.7 Å². The number of nitrogens with zero attached hydrogens (tertiary/aromatic N) is 2. The van der Waals surface area contributed by atoms with E-state index >= 15 is 0 Å². The Balaban J connectivity index is 1.81. The molecule has 0 amide bonds. The minimum atomic E-state index is -0.409. The lowest BCUT2D eigenvalue weighted by atomic mass is 9.49. The van der Waals surface area contributed by atoms with E-state index < -0.39 is 5.79 Å². The topological polar surface area (TPSA) is 36.3 Å². The zero-order chi connectivity index (χ0) is 15.8. The summed E-state index contributed by atoms with van der Waals surface area (Å²) in [6, 6.07) is 0. The lowest BCUT2D eigenvalue weighted by Gasteiger charge is -2.59. The van der Waals surface area contributed by atoms with Gasteiger partial charge >= 0.3 is 0 Å². The van der Waals surface area contributed by atoms with Crippen LogP contribution >= 0.6 is 11.6 Å². The van der Waals surface area contributed by atoms with E-state index in [4.69, 9.17) is 26.2 Å². The van der Waals surface area contributed by atoms with Gasteiger partial charge in [-0.2, -0.15) is 5.10 Å². The molecule has 0 aromatic carbocycles. The monoisotopic (exact) mass is 324 g/mol. The summed E-state index contributed by atoms with van der Waals surface area (Å²) in [4.78, 5) is 0. The van der Waals surface area contributed by atoms with Crippen molar-refractivity contribution in [3.63, 3.8) is 0 Å². The summed E-state index contributed by atoms with van der Waals surface area (Å²) < 4.78 is 14.1. The molecular weight excluding hydrogens is 300 g/mol. The number of halogens is 1. The van der Waals surface area contributed by atoms with Crippen molar-refractivity contribution in [2.24, 2.45) is 18.4 Å². The molecule has 2 atom stereocenters. The number of hydrogen-bond acceptors (Lipinski definition) is 3. The zero-order valence-corrected chi connectivity index (χ0v) is 14.7. The number of fused-ring (bicyclic) bond motifs is 3. The molecule has 4 rings (SSSR count). The molecule has 1 spiro atoms. The van der Waals surface area contributed by atoms with Crippen LogP contribution in [-0.2, 0) is 28.4 Å². The van der Waals surface area contributed by atoms with Crippen molar-refractivity contribution >= 4 is 11.6 Å². The highest BCUT2D eigenvalue weighted by atomic mass is 35.5. The quantitative estimate of drug-likeness (QED) is 0.733. The molecule has 2 aliphatic carbocycles. The molecule has 2 heterocycles. The average molecular weight is 325 g/mol. The van der Waals surface area contributed by atoms with Crippen LogP contribution in [0.4, 0.5) is 0 Å². The van der Waals surface area contributed by atoms with Gasteiger partial charge in [0.2, 0.25) is 0 Å². The van der Waals surface area contributed by atoms with Gasteiger partial charge in [0.1, 0.15) is 5.15 Å². The molecule has 122 valence electrons. The predicted molar refractivity (Wildman–Crippen MR) is 85.0 cm³/mol. The summed E-state index contributed by atoms with van der Waals surface area (Å²) in [5.41, 5.74) is 2.49. The first kappa shape index (κ1) is 15.0. The summed E-state index contributed by atoms with van der Waals surface area (Å²) >= 11 is 6.46. The van der Waals surface area contributed by atoms with Crippen LogP contribution < -0.4 is 0 Å². The van der Waals surface area contributed by atoms with E-state index in [1.54, 1.807) is 0 Å². The fourth-order valence-electron chi connectivity index (χ4n) is 5.43. The van der Waals surface area contributed by atoms with Crippen LogP contribution in [0.5, 0.6) is 0 Å². The van der Waals surface area contributed by atoms with Gasteiger partial charge in [-0.15, -0.1) is 0 Å². The molecule has 1 aromatic heterocycles. The highest BCUT2D eigenvalue weighted by Gasteiger charge is 2.64. The SMILES string of the molecule is Cn1nc2c(c1Cl)CC[C@H]1C(C)(C)C3(CC[C@]21C)OCCO3. The number of rotatable bonds is 0. The maximum absolute atomic E-state index is 6.46. The van der Waals surface area contributed by atoms with Gasteiger partial charge in [-0.05, 0) is 25.2 Å². The molecule has 1 saturated heterocycles. The molecular formula is C17H25ClN2O2. The van der Waals surface area contributed by atoms with Crippen molar-refractivity contribution in [2.75, 3.05) is 13.2 Å². The second kappa shape index (κ2) is 4.49. The Labute approximate surface area is 137 Å². The fourth-order valence-corrected chi connectivity index (χ4v) is 5.65. The fraction of sp³-hybridized carbons (Fsp3) is 0.824. The number of hydrogen-bond donors (Lipinski definition) is 0. The molecule has 22 heavy (non-hydrogen) atoms. The van der Waals surface area contributed by atoms with Crippen molar-refractivity contribution in [3.8, 4) is 0 Å². The second-order valence-electron chi connectivity index (χ2n) is 7.92. The van der Waals surface area contributed by atoms with Crippen LogP contribution in [0.25, 0.3) is 0 Å². The molecule has 1 saturated carbocycles. The summed E-state index contributed by atoms with van der Waals surface area (Å²) in [6.45, 7) is 8.43. The smallest absolute Gasteiger partial charge is 0.173 e. The van der Waals surface area contributed by atoms with Crippen molar-refractivity contribution in [3.05, 3.63) is 16.4 Å². The molecule has 0 N–H and O–H groups in total. The van der Waals surface area contributed by atoms with Crippen molar-refractivity contribution < 1.29 is 9.47 Å². The zero-order valence-electron chi connectivity index (χ0n) is 13.9. The van der Waals surface area contributed by atoms with Gasteiger partial charge < -0.3 is 9.47 Å². The van der Waals surface area contributed by atoms with Gasteiger partial charge in [0, 0.05) is 29.9 Å². The van der Waals surface area contributed by atoms with Gasteiger partial charge in [0.05, 0.1) is 18.9 Å². The highest BCUT2D eigenvalue weighted by molar-refractivity contribution is 6.30. The Morgan fingerprint density at radius 2 is 1.86 bits per heavy atom. The van der Waals surface area contributed by atoms with E-state index in [9.17, 15) is 0 Å². The maximum Gasteiger partial charge on any atom is 0.173 e. The summed E-state index contributed by atoms with van der Waals surface area (Å²) in [7, 11) is 1.94. The van der Waals surface area contributed by atoms with Crippen LogP contribution in [0, 0.1) is 11.3 Å². The first-order valence-electron chi connectivity index (χ1n) is 8.32. The van der Waals surface area contributed by atoms with Crippen LogP contribution in [0.1, 0.15) is 51.3 Å². The second-order valence-corrected chi connectivity index (χ2v) is 8.28. The normalized spacial score (nSPS) is 35.4. The predicted octanol–water partition coefficient (Wildman–Crippen LogP) is 3.46. The molecule has 2 fully saturated rings. The Morgan fingerprint density at radius 3 is 2.55 bits per heavy atom. The molecule has 0 radical (unpaired) electrons. The number of ether oxygens (including phenoxy) is 2. The van der Waals surface area contributed by atoms with Gasteiger partial charge in [0.25, 0.3) is 0 Å². The third-order valence-electron chi connectivity index (χ3n) is 6.64. The average Bonchev–Trinajstić information content (AvgIpc) is 3.05. The molecule has 5 heteroatoms. The summed E-state index contributed by atoms with van der Waals surface area (Å²) in [5.74, 6) is 0.0816. The molecule has 4 nitrogen and oxygen atoms in total. The Morgan fingerprint density at radius 1 is 1.18 bits per heavy atom. The minimum Gasteiger partial charge on any atom is -0.347 e. The van der Waals surface area contributed by atoms with E-state index in [0.717, 1.165) is 30.8 Å². The van der Waals surface area contributed by atoms with Gasteiger partial charge in [0.15, 0.2) is 5.79 Å². The lowest BCUT2D eigenvalue weighted by Crippen LogP contribution is -2.61. The van der Waals surface area contributed by atoms with Crippen LogP contribution in [0.15, 0.2) is 0 Å². The van der Waals surface area contributed by atoms with Crippen molar-refractivity contribution in [1.82, 2.24) is 9.78 Å². The van der Waals surface area contributed by atoms with Gasteiger partial charge in [-0.3, -0.25) is 4.68 Å². The molecule has 1 aliphatic heterocycles. The van der Waals surface area contributed by atoms with Gasteiger partial charge in [-0.1, -0.05) is 32.4 Å². The Hall–Kier alpha value is -0.580. The van der Waals surface area contributed by atoms with E-state index in [2.05, 4.69) is 20.8 Å². The molecule has 3 aliphatic rings. The molecule has 0 bridgehead atoms. The van der Waals surface area contributed by atoms with Crippen LogP contribution in [0.2, 0.25) is 5.15 Å². The van der Waals surface area contributed by atoms with E-state index in [0.29, 0.717) is 19.1 Å².